The van der Waals surface area contributed by atoms with Crippen LogP contribution in [0, 0.1) is 13.8 Å². The summed E-state index contributed by atoms with van der Waals surface area (Å²) in [5, 5.41) is 33.8. The molecule has 0 spiro atoms. The molecule has 0 amide bonds. The number of nitrogens with one attached hydrogen (secondary N) is 1. The monoisotopic (exact) mass is 364 g/mol. The maximum absolute atomic E-state index is 10.5. The van der Waals surface area contributed by atoms with Gasteiger partial charge in [-0.3, -0.25) is 4.98 Å². The molecule has 4 rings (SSSR count). The van der Waals surface area contributed by atoms with E-state index in [1.807, 2.05) is 32.0 Å². The Morgan fingerprint density at radius 1 is 1.11 bits per heavy atom. The van der Waals surface area contributed by atoms with Gasteiger partial charge in [0.15, 0.2) is 5.82 Å². The molecule has 1 fully saturated rings. The largest absolute Gasteiger partial charge is 0.507 e. The average molecular weight is 364 g/mol. The molecule has 0 bridgehead atoms. The number of pyridine rings is 1. The summed E-state index contributed by atoms with van der Waals surface area (Å²) in [6.45, 7) is 3.89. The predicted molar refractivity (Wildman–Crippen MR) is 106 cm³/mol. The van der Waals surface area contributed by atoms with E-state index in [2.05, 4.69) is 20.5 Å². The molecule has 3 aromatic rings. The second-order valence-electron chi connectivity index (χ2n) is 7.38. The molecule has 2 heterocycles. The lowest BCUT2D eigenvalue weighted by Crippen LogP contribution is -2.36. The van der Waals surface area contributed by atoms with Crippen LogP contribution in [0.5, 0.6) is 5.75 Å². The van der Waals surface area contributed by atoms with Gasteiger partial charge in [-0.15, -0.1) is 10.2 Å². The van der Waals surface area contributed by atoms with Crippen LogP contribution >= 0.6 is 0 Å². The molecule has 0 aliphatic heterocycles. The number of aliphatic hydroxyl groups is 1. The van der Waals surface area contributed by atoms with Gasteiger partial charge >= 0.3 is 0 Å². The number of fused-ring (bicyclic) bond motifs is 1. The van der Waals surface area contributed by atoms with E-state index in [9.17, 15) is 10.2 Å². The Kier molecular flexibility index (Phi) is 4.66. The first kappa shape index (κ1) is 17.7. The molecule has 2 atom stereocenters. The third kappa shape index (κ3) is 3.32. The highest BCUT2D eigenvalue weighted by Gasteiger charge is 2.25. The van der Waals surface area contributed by atoms with Crippen molar-refractivity contribution >= 4 is 16.7 Å². The quantitative estimate of drug-likeness (QED) is 0.656. The van der Waals surface area contributed by atoms with Gasteiger partial charge in [0.1, 0.15) is 17.0 Å². The van der Waals surface area contributed by atoms with Crippen LogP contribution in [0.15, 0.2) is 30.5 Å². The maximum atomic E-state index is 10.5. The van der Waals surface area contributed by atoms with Crippen molar-refractivity contribution in [3.63, 3.8) is 0 Å². The van der Waals surface area contributed by atoms with E-state index in [1.165, 1.54) is 0 Å². The van der Waals surface area contributed by atoms with Crippen LogP contribution in [0.3, 0.4) is 0 Å². The summed E-state index contributed by atoms with van der Waals surface area (Å²) in [6.07, 6.45) is 5.19. The highest BCUT2D eigenvalue weighted by Crippen LogP contribution is 2.37. The molecule has 2 unspecified atom stereocenters. The number of hydrogen-bond acceptors (Lipinski definition) is 6. The topological polar surface area (TPSA) is 91.2 Å². The van der Waals surface area contributed by atoms with Crippen LogP contribution in [0.2, 0.25) is 0 Å². The standard InChI is InChI=1S/C21H24N4O2/c1-12-10-13(2)18(17(27)11-12)20-19-14(6-5-9-22-19)21(25-24-20)23-15-7-3-4-8-16(15)26/h5-6,9-11,15-16,26-27H,3-4,7-8H2,1-2H3,(H,23,25). The second kappa shape index (κ2) is 7.12. The van der Waals surface area contributed by atoms with Crippen molar-refractivity contribution in [3.05, 3.63) is 41.6 Å². The minimum atomic E-state index is -0.379. The number of phenols is 1. The Labute approximate surface area is 158 Å². The summed E-state index contributed by atoms with van der Waals surface area (Å²) in [4.78, 5) is 4.52. The number of nitrogens with zero attached hydrogens (tertiary/aromatic N) is 3. The van der Waals surface area contributed by atoms with Crippen LogP contribution < -0.4 is 5.32 Å². The minimum absolute atomic E-state index is 0.0307. The molecule has 6 heteroatoms. The fraction of sp³-hybridized carbons (Fsp3) is 0.381. The van der Waals surface area contributed by atoms with E-state index >= 15 is 0 Å². The van der Waals surface area contributed by atoms with Gasteiger partial charge < -0.3 is 15.5 Å². The number of aryl methyl sites for hydroxylation is 2. The second-order valence-corrected chi connectivity index (χ2v) is 7.38. The lowest BCUT2D eigenvalue weighted by molar-refractivity contribution is 0.116. The first-order valence-electron chi connectivity index (χ1n) is 9.41. The van der Waals surface area contributed by atoms with E-state index in [-0.39, 0.29) is 17.9 Å². The average Bonchev–Trinajstić information content (AvgIpc) is 2.64. The highest BCUT2D eigenvalue weighted by molar-refractivity contribution is 5.98. The van der Waals surface area contributed by atoms with Gasteiger partial charge in [0.05, 0.1) is 12.1 Å². The van der Waals surface area contributed by atoms with Crippen LogP contribution in [0.1, 0.15) is 36.8 Å². The fourth-order valence-electron chi connectivity index (χ4n) is 3.97. The van der Waals surface area contributed by atoms with Crippen molar-refractivity contribution in [3.8, 4) is 17.0 Å². The molecule has 140 valence electrons. The summed E-state index contributed by atoms with van der Waals surface area (Å²) < 4.78 is 0. The lowest BCUT2D eigenvalue weighted by atomic mass is 9.92. The summed E-state index contributed by atoms with van der Waals surface area (Å²) in [5.41, 5.74) is 3.82. The van der Waals surface area contributed by atoms with Crippen molar-refractivity contribution in [1.82, 2.24) is 15.2 Å². The number of aromatic nitrogens is 3. The highest BCUT2D eigenvalue weighted by atomic mass is 16.3. The zero-order valence-corrected chi connectivity index (χ0v) is 15.6. The molecule has 1 aromatic carbocycles. The zero-order chi connectivity index (χ0) is 19.0. The van der Waals surface area contributed by atoms with Gasteiger partial charge in [0.2, 0.25) is 0 Å². The molecule has 2 aromatic heterocycles. The Hall–Kier alpha value is -2.73. The van der Waals surface area contributed by atoms with Gasteiger partial charge in [0.25, 0.3) is 0 Å². The Bertz CT molecular complexity index is 966. The SMILES string of the molecule is Cc1cc(C)c(-c2nnc(NC3CCCCC3O)c3cccnc23)c(O)c1. The fourth-order valence-corrected chi connectivity index (χ4v) is 3.97. The van der Waals surface area contributed by atoms with Crippen molar-refractivity contribution in [2.45, 2.75) is 51.7 Å². The first-order chi connectivity index (χ1) is 13.0. The Balaban J connectivity index is 1.82. The molecule has 3 N–H and O–H groups in total. The number of hydrogen-bond donors (Lipinski definition) is 3. The van der Waals surface area contributed by atoms with E-state index in [0.717, 1.165) is 42.2 Å². The summed E-state index contributed by atoms with van der Waals surface area (Å²) in [5.74, 6) is 0.800. The maximum Gasteiger partial charge on any atom is 0.158 e. The molecule has 6 nitrogen and oxygen atoms in total. The van der Waals surface area contributed by atoms with Crippen LogP contribution in [0.4, 0.5) is 5.82 Å². The summed E-state index contributed by atoms with van der Waals surface area (Å²) in [7, 11) is 0. The van der Waals surface area contributed by atoms with E-state index in [4.69, 9.17) is 0 Å². The molecular weight excluding hydrogens is 340 g/mol. The van der Waals surface area contributed by atoms with Gasteiger partial charge in [-0.1, -0.05) is 18.9 Å². The number of aliphatic hydroxyl groups excluding tert-OH is 1. The Morgan fingerprint density at radius 3 is 2.70 bits per heavy atom. The number of anilines is 1. The number of phenolic OH excluding ortho intramolecular Hbond substituents is 1. The molecule has 1 aliphatic carbocycles. The summed E-state index contributed by atoms with van der Waals surface area (Å²) >= 11 is 0. The Morgan fingerprint density at radius 2 is 1.93 bits per heavy atom. The minimum Gasteiger partial charge on any atom is -0.507 e. The van der Waals surface area contributed by atoms with Crippen LogP contribution in [0.25, 0.3) is 22.2 Å². The van der Waals surface area contributed by atoms with Crippen molar-refractivity contribution in [2.75, 3.05) is 5.32 Å². The lowest BCUT2D eigenvalue weighted by Gasteiger charge is -2.29. The van der Waals surface area contributed by atoms with Gasteiger partial charge in [0, 0.05) is 17.1 Å². The normalized spacial score (nSPS) is 20.0. The van der Waals surface area contributed by atoms with E-state index in [1.54, 1.807) is 12.3 Å². The molecular formula is C21H24N4O2. The smallest absolute Gasteiger partial charge is 0.158 e. The molecule has 1 aliphatic rings. The predicted octanol–water partition coefficient (Wildman–Crippen LogP) is 3.73. The van der Waals surface area contributed by atoms with Crippen molar-refractivity contribution in [1.29, 1.82) is 0 Å². The number of aromatic hydroxyl groups is 1. The van der Waals surface area contributed by atoms with Crippen molar-refractivity contribution in [2.24, 2.45) is 0 Å². The first-order valence-corrected chi connectivity index (χ1v) is 9.41. The third-order valence-electron chi connectivity index (χ3n) is 5.28. The summed E-state index contributed by atoms with van der Waals surface area (Å²) in [6, 6.07) is 7.51. The molecule has 1 saturated carbocycles. The number of benzene rings is 1. The zero-order valence-electron chi connectivity index (χ0n) is 15.6. The van der Waals surface area contributed by atoms with Crippen LogP contribution in [-0.4, -0.2) is 37.5 Å². The molecule has 27 heavy (non-hydrogen) atoms. The number of rotatable bonds is 3. The molecule has 0 radical (unpaired) electrons. The van der Waals surface area contributed by atoms with Crippen molar-refractivity contribution < 1.29 is 10.2 Å². The van der Waals surface area contributed by atoms with Gasteiger partial charge in [-0.2, -0.15) is 0 Å². The molecule has 0 saturated heterocycles. The van der Waals surface area contributed by atoms with Gasteiger partial charge in [-0.25, -0.2) is 0 Å². The van der Waals surface area contributed by atoms with E-state index in [0.29, 0.717) is 22.6 Å². The third-order valence-corrected chi connectivity index (χ3v) is 5.28. The van der Waals surface area contributed by atoms with Gasteiger partial charge in [-0.05, 0) is 56.0 Å². The van der Waals surface area contributed by atoms with E-state index < -0.39 is 0 Å². The van der Waals surface area contributed by atoms with Crippen LogP contribution in [-0.2, 0) is 0 Å².